The largest absolute Gasteiger partial charge is 0.433 e. The standard InChI is InChI=1S/C13H33O4Si5/c1-12-19(4,5)16-21(8,9)14-18(3)15-22(10,11)17-20(6,7)13-2/h12-13H,1-2H2,3-11H3. The smallest absolute Gasteiger partial charge is 0.362 e. The molecule has 0 spiro atoms. The Kier molecular flexibility index (Phi) is 8.13. The van der Waals surface area contributed by atoms with E-state index in [1.807, 2.05) is 17.9 Å². The van der Waals surface area contributed by atoms with Crippen molar-refractivity contribution in [2.75, 3.05) is 0 Å². The van der Waals surface area contributed by atoms with E-state index in [0.29, 0.717) is 0 Å². The molecule has 0 amide bonds. The molecule has 4 nitrogen and oxygen atoms in total. The van der Waals surface area contributed by atoms with Crippen molar-refractivity contribution in [2.45, 2.75) is 58.9 Å². The van der Waals surface area contributed by atoms with E-state index >= 15 is 0 Å². The van der Waals surface area contributed by atoms with Crippen LogP contribution in [-0.2, 0) is 16.5 Å². The molecule has 129 valence electrons. The molecule has 0 aromatic rings. The second-order valence-corrected chi connectivity index (χ2v) is 24.4. The van der Waals surface area contributed by atoms with Gasteiger partial charge in [0.15, 0.2) is 16.6 Å². The van der Waals surface area contributed by atoms with Crippen LogP contribution < -0.4 is 0 Å². The topological polar surface area (TPSA) is 36.9 Å². The van der Waals surface area contributed by atoms with Crippen molar-refractivity contribution in [1.82, 2.24) is 0 Å². The first-order valence-electron chi connectivity index (χ1n) is 7.53. The van der Waals surface area contributed by atoms with Gasteiger partial charge in [-0.15, -0.1) is 13.2 Å². The predicted molar refractivity (Wildman–Crippen MR) is 106 cm³/mol. The average Bonchev–Trinajstić information content (AvgIpc) is 2.23. The second-order valence-electron chi connectivity index (χ2n) is 7.31. The fourth-order valence-corrected chi connectivity index (χ4v) is 20.1. The Labute approximate surface area is 143 Å². The van der Waals surface area contributed by atoms with Crippen molar-refractivity contribution in [2.24, 2.45) is 0 Å². The first-order chi connectivity index (χ1) is 9.64. The maximum atomic E-state index is 6.23. The molecule has 0 heterocycles. The zero-order valence-electron chi connectivity index (χ0n) is 15.7. The van der Waals surface area contributed by atoms with Crippen LogP contribution in [-0.4, -0.2) is 43.0 Å². The molecule has 0 aliphatic carbocycles. The van der Waals surface area contributed by atoms with Gasteiger partial charge in [-0.05, 0) is 58.9 Å². The zero-order valence-corrected chi connectivity index (χ0v) is 20.7. The minimum absolute atomic E-state index is 1.41. The maximum absolute atomic E-state index is 6.23. The number of hydrogen-bond acceptors (Lipinski definition) is 4. The first kappa shape index (κ1) is 22.4. The summed E-state index contributed by atoms with van der Waals surface area (Å²) in [5.74, 6) is 0. The lowest BCUT2D eigenvalue weighted by Crippen LogP contribution is -2.53. The van der Waals surface area contributed by atoms with Gasteiger partial charge in [-0.3, -0.25) is 0 Å². The summed E-state index contributed by atoms with van der Waals surface area (Å²) in [4.78, 5) is 0. The molecular weight excluding hydrogens is 361 g/mol. The molecule has 22 heavy (non-hydrogen) atoms. The Morgan fingerprint density at radius 3 is 1.18 bits per heavy atom. The molecular formula is C13H33O4Si5. The molecule has 0 saturated heterocycles. The second kappa shape index (κ2) is 7.99. The van der Waals surface area contributed by atoms with Gasteiger partial charge in [-0.2, -0.15) is 0 Å². The van der Waals surface area contributed by atoms with Crippen LogP contribution in [0.3, 0.4) is 0 Å². The van der Waals surface area contributed by atoms with Crippen molar-refractivity contribution in [3.8, 4) is 0 Å². The van der Waals surface area contributed by atoms with Crippen LogP contribution in [0.5, 0.6) is 0 Å². The van der Waals surface area contributed by atoms with Crippen molar-refractivity contribution in [3.63, 3.8) is 0 Å². The molecule has 0 bridgehead atoms. The van der Waals surface area contributed by atoms with E-state index in [4.69, 9.17) is 16.5 Å². The highest BCUT2D eigenvalue weighted by atomic mass is 28.5. The molecule has 0 fully saturated rings. The minimum Gasteiger partial charge on any atom is -0.433 e. The van der Waals surface area contributed by atoms with Gasteiger partial charge in [0.25, 0.3) is 0 Å². The molecule has 0 aromatic carbocycles. The van der Waals surface area contributed by atoms with Crippen LogP contribution >= 0.6 is 0 Å². The highest BCUT2D eigenvalue weighted by Gasteiger charge is 2.39. The fraction of sp³-hybridized carbons (Fsp3) is 0.692. The van der Waals surface area contributed by atoms with Crippen LogP contribution in [0.4, 0.5) is 0 Å². The quantitative estimate of drug-likeness (QED) is 0.514. The molecule has 0 saturated carbocycles. The molecule has 0 rings (SSSR count). The Hall–Kier alpha value is 0.404. The zero-order chi connectivity index (χ0) is 17.8. The Bertz CT molecular complexity index is 360. The van der Waals surface area contributed by atoms with E-state index in [9.17, 15) is 0 Å². The SMILES string of the molecule is C=C[Si](C)(C)O[Si](C)(C)O[Si](C)O[Si](C)(C)O[Si](C)(C)C=C. The van der Waals surface area contributed by atoms with Crippen molar-refractivity contribution in [3.05, 3.63) is 24.6 Å². The maximum Gasteiger partial charge on any atom is 0.362 e. The lowest BCUT2D eigenvalue weighted by molar-refractivity contribution is 0.321. The highest BCUT2D eigenvalue weighted by molar-refractivity contribution is 6.89. The summed E-state index contributed by atoms with van der Waals surface area (Å²) in [6, 6.07) is 0. The normalized spacial score (nSPS) is 14.3. The van der Waals surface area contributed by atoms with Gasteiger partial charge in [0.2, 0.25) is 0 Å². The molecule has 0 aliphatic heterocycles. The van der Waals surface area contributed by atoms with E-state index in [0.717, 1.165) is 0 Å². The Balaban J connectivity index is 4.69. The van der Waals surface area contributed by atoms with E-state index in [1.54, 1.807) is 0 Å². The van der Waals surface area contributed by atoms with Gasteiger partial charge in [0.1, 0.15) is 0 Å². The third-order valence-electron chi connectivity index (χ3n) is 2.78. The van der Waals surface area contributed by atoms with Crippen LogP contribution in [0.15, 0.2) is 24.6 Å². The van der Waals surface area contributed by atoms with E-state index < -0.39 is 43.0 Å². The van der Waals surface area contributed by atoms with E-state index in [1.165, 1.54) is 0 Å². The van der Waals surface area contributed by atoms with E-state index in [-0.39, 0.29) is 0 Å². The summed E-state index contributed by atoms with van der Waals surface area (Å²) in [6.45, 7) is 26.5. The van der Waals surface area contributed by atoms with Crippen LogP contribution in [0.25, 0.3) is 0 Å². The average molecular weight is 394 g/mol. The number of rotatable bonds is 10. The van der Waals surface area contributed by atoms with Gasteiger partial charge in [-0.25, -0.2) is 0 Å². The molecule has 0 atom stereocenters. The molecule has 9 heteroatoms. The summed E-state index contributed by atoms with van der Waals surface area (Å²) in [5, 5.41) is 0. The van der Waals surface area contributed by atoms with Crippen molar-refractivity contribution < 1.29 is 16.5 Å². The minimum atomic E-state index is -2.22. The predicted octanol–water partition coefficient (Wildman–Crippen LogP) is 4.44. The van der Waals surface area contributed by atoms with Gasteiger partial charge < -0.3 is 16.5 Å². The van der Waals surface area contributed by atoms with Gasteiger partial charge >= 0.3 is 26.4 Å². The van der Waals surface area contributed by atoms with Gasteiger partial charge in [0, 0.05) is 0 Å². The summed E-state index contributed by atoms with van der Waals surface area (Å²) in [6.07, 6.45) is 0. The van der Waals surface area contributed by atoms with Crippen molar-refractivity contribution >= 4 is 43.0 Å². The third-order valence-corrected chi connectivity index (χ3v) is 19.1. The molecule has 0 aromatic heterocycles. The summed E-state index contributed by atoms with van der Waals surface area (Å²) >= 11 is 0. The highest BCUT2D eigenvalue weighted by Crippen LogP contribution is 2.21. The van der Waals surface area contributed by atoms with Crippen LogP contribution in [0.2, 0.25) is 58.9 Å². The Morgan fingerprint density at radius 1 is 0.682 bits per heavy atom. The number of hydrogen-bond donors (Lipinski definition) is 0. The van der Waals surface area contributed by atoms with Gasteiger partial charge in [0.05, 0.1) is 0 Å². The monoisotopic (exact) mass is 393 g/mol. The van der Waals surface area contributed by atoms with Gasteiger partial charge in [-0.1, -0.05) is 11.4 Å². The summed E-state index contributed by atoms with van der Waals surface area (Å²) in [5.41, 5.74) is 3.88. The van der Waals surface area contributed by atoms with Crippen LogP contribution in [0, 0.1) is 0 Å². The summed E-state index contributed by atoms with van der Waals surface area (Å²) < 4.78 is 24.8. The molecule has 1 radical (unpaired) electrons. The molecule has 0 aliphatic rings. The van der Waals surface area contributed by atoms with Crippen molar-refractivity contribution in [1.29, 1.82) is 0 Å². The molecule has 0 unspecified atom stereocenters. The molecule has 0 N–H and O–H groups in total. The van der Waals surface area contributed by atoms with E-state index in [2.05, 4.69) is 65.5 Å². The first-order valence-corrected chi connectivity index (χ1v) is 20.9. The lowest BCUT2D eigenvalue weighted by atomic mass is 11.3. The Morgan fingerprint density at radius 2 is 0.955 bits per heavy atom. The van der Waals surface area contributed by atoms with Crippen LogP contribution in [0.1, 0.15) is 0 Å². The lowest BCUT2D eigenvalue weighted by Gasteiger charge is -2.36. The fourth-order valence-electron chi connectivity index (χ4n) is 2.11. The summed E-state index contributed by atoms with van der Waals surface area (Å²) in [7, 11) is -9.55. The third kappa shape index (κ3) is 9.52.